The second kappa shape index (κ2) is 12.8. The summed E-state index contributed by atoms with van der Waals surface area (Å²) in [6, 6.07) is 11.7. The van der Waals surface area contributed by atoms with Crippen LogP contribution in [0.1, 0.15) is 20.3 Å². The van der Waals surface area contributed by atoms with Gasteiger partial charge in [-0.25, -0.2) is 14.6 Å². The summed E-state index contributed by atoms with van der Waals surface area (Å²) < 4.78 is 11.8. The number of nitrogens with one attached hydrogen (secondary N) is 1. The Morgan fingerprint density at radius 2 is 1.57 bits per heavy atom. The van der Waals surface area contributed by atoms with E-state index >= 15 is 0 Å². The van der Waals surface area contributed by atoms with Crippen molar-refractivity contribution in [3.8, 4) is 5.69 Å². The average Bonchev–Trinajstić information content (AvgIpc) is 3.19. The lowest BCUT2D eigenvalue weighted by atomic mass is 10.2. The molecule has 4 heterocycles. The number of piperazine rings is 1. The van der Waals surface area contributed by atoms with E-state index < -0.39 is 0 Å². The Bertz CT molecular complexity index is 1370. The second-order valence-electron chi connectivity index (χ2n) is 10.5. The van der Waals surface area contributed by atoms with Gasteiger partial charge in [-0.3, -0.25) is 0 Å². The van der Waals surface area contributed by atoms with E-state index in [0.717, 1.165) is 48.9 Å². The summed E-state index contributed by atoms with van der Waals surface area (Å²) in [5.74, 6) is 1.39. The van der Waals surface area contributed by atoms with Gasteiger partial charge in [-0.05, 0) is 50.6 Å². The van der Waals surface area contributed by atoms with Crippen LogP contribution in [0.3, 0.4) is 0 Å². The maximum absolute atomic E-state index is 12.2. The predicted molar refractivity (Wildman–Crippen MR) is 160 cm³/mol. The molecule has 14 heteroatoms. The first-order valence-electron chi connectivity index (χ1n) is 14.1. The maximum atomic E-state index is 12.2. The van der Waals surface area contributed by atoms with Gasteiger partial charge in [-0.2, -0.15) is 9.67 Å². The van der Waals surface area contributed by atoms with Crippen molar-refractivity contribution in [1.29, 1.82) is 0 Å². The van der Waals surface area contributed by atoms with Crippen LogP contribution >= 0.6 is 0 Å². The summed E-state index contributed by atoms with van der Waals surface area (Å²) in [4.78, 5) is 40.9. The van der Waals surface area contributed by atoms with Gasteiger partial charge < -0.3 is 40.1 Å². The van der Waals surface area contributed by atoms with E-state index in [9.17, 15) is 9.59 Å². The molecule has 2 saturated heterocycles. The Balaban J connectivity index is 1.20. The third-order valence-corrected chi connectivity index (χ3v) is 7.22. The third-order valence-electron chi connectivity index (χ3n) is 7.22. The van der Waals surface area contributed by atoms with Crippen LogP contribution in [-0.2, 0) is 9.47 Å². The van der Waals surface area contributed by atoms with Gasteiger partial charge in [0.2, 0.25) is 11.9 Å². The van der Waals surface area contributed by atoms with Crippen LogP contribution < -0.4 is 20.9 Å². The molecular formula is C28H38N10O4. The zero-order valence-corrected chi connectivity index (χ0v) is 24.3. The number of methoxy groups -OCH3 is 1. The van der Waals surface area contributed by atoms with E-state index in [4.69, 9.17) is 15.2 Å². The molecule has 2 amide bonds. The van der Waals surface area contributed by atoms with Crippen molar-refractivity contribution in [2.45, 2.75) is 26.4 Å². The normalized spacial score (nSPS) is 15.9. The number of nitrogens with two attached hydrogens (primary N) is 1. The molecule has 1 aromatic carbocycles. The number of benzene rings is 1. The van der Waals surface area contributed by atoms with Gasteiger partial charge in [0, 0.05) is 76.0 Å². The van der Waals surface area contributed by atoms with Crippen LogP contribution in [0.2, 0.25) is 0 Å². The SMILES string of the molecule is COC(=O)N1CCCN(c2cc(-n3nc(Nc4ccc(N5CCN(C(=O)OC(C)C)CC5)cc4)nc3N)ccn2)CC1. The number of nitrogens with zero attached hydrogens (tertiary/aromatic N) is 8. The van der Waals surface area contributed by atoms with Gasteiger partial charge in [0.05, 0.1) is 18.9 Å². The summed E-state index contributed by atoms with van der Waals surface area (Å²) >= 11 is 0. The quantitative estimate of drug-likeness (QED) is 0.445. The predicted octanol–water partition coefficient (Wildman–Crippen LogP) is 2.93. The first-order chi connectivity index (χ1) is 20.3. The first kappa shape index (κ1) is 28.8. The lowest BCUT2D eigenvalue weighted by Gasteiger charge is -2.35. The minimum absolute atomic E-state index is 0.125. The smallest absolute Gasteiger partial charge is 0.410 e. The van der Waals surface area contributed by atoms with E-state index in [-0.39, 0.29) is 24.2 Å². The number of rotatable bonds is 6. The van der Waals surface area contributed by atoms with Crippen LogP contribution in [0.5, 0.6) is 0 Å². The van der Waals surface area contributed by atoms with Crippen molar-refractivity contribution in [2.75, 3.05) is 80.3 Å². The molecule has 0 unspecified atom stereocenters. The molecule has 0 atom stereocenters. The molecule has 0 saturated carbocycles. The molecule has 14 nitrogen and oxygen atoms in total. The van der Waals surface area contributed by atoms with Crippen molar-refractivity contribution in [1.82, 2.24) is 29.5 Å². The number of carbonyl (C=O) groups excluding carboxylic acids is 2. The van der Waals surface area contributed by atoms with Crippen molar-refractivity contribution < 1.29 is 19.1 Å². The van der Waals surface area contributed by atoms with Crippen LogP contribution in [0.4, 0.5) is 38.7 Å². The molecule has 42 heavy (non-hydrogen) atoms. The Hall–Kier alpha value is -4.75. The van der Waals surface area contributed by atoms with Crippen molar-refractivity contribution in [3.05, 3.63) is 42.6 Å². The van der Waals surface area contributed by atoms with E-state index in [1.807, 2.05) is 50.2 Å². The molecule has 0 aliphatic carbocycles. The highest BCUT2D eigenvalue weighted by Crippen LogP contribution is 2.24. The Morgan fingerprint density at radius 3 is 2.26 bits per heavy atom. The largest absolute Gasteiger partial charge is 0.453 e. The van der Waals surface area contributed by atoms with Gasteiger partial charge >= 0.3 is 12.2 Å². The molecule has 3 aromatic rings. The van der Waals surface area contributed by atoms with Gasteiger partial charge in [0.25, 0.3) is 0 Å². The van der Waals surface area contributed by atoms with Gasteiger partial charge in [-0.1, -0.05) is 0 Å². The number of pyridine rings is 1. The van der Waals surface area contributed by atoms with Crippen molar-refractivity contribution in [2.24, 2.45) is 0 Å². The lowest BCUT2D eigenvalue weighted by Crippen LogP contribution is -2.49. The number of ether oxygens (including phenoxy) is 2. The number of anilines is 5. The molecule has 0 radical (unpaired) electrons. The topological polar surface area (TPSA) is 147 Å². The number of hydrogen-bond acceptors (Lipinski definition) is 11. The average molecular weight is 579 g/mol. The summed E-state index contributed by atoms with van der Waals surface area (Å²) in [5.41, 5.74) is 8.87. The van der Waals surface area contributed by atoms with Crippen LogP contribution in [0.15, 0.2) is 42.6 Å². The van der Waals surface area contributed by atoms with Crippen molar-refractivity contribution in [3.63, 3.8) is 0 Å². The Labute approximate surface area is 245 Å². The monoisotopic (exact) mass is 578 g/mol. The van der Waals surface area contributed by atoms with E-state index in [0.29, 0.717) is 38.7 Å². The fourth-order valence-electron chi connectivity index (χ4n) is 5.05. The van der Waals surface area contributed by atoms with Gasteiger partial charge in [0.1, 0.15) is 5.82 Å². The van der Waals surface area contributed by atoms with Crippen LogP contribution in [-0.4, -0.2) is 107 Å². The molecule has 5 rings (SSSR count). The molecular weight excluding hydrogens is 540 g/mol. The first-order valence-corrected chi connectivity index (χ1v) is 14.1. The molecule has 3 N–H and O–H groups in total. The minimum Gasteiger partial charge on any atom is -0.453 e. The van der Waals surface area contributed by atoms with Crippen molar-refractivity contribution >= 4 is 41.3 Å². The zero-order valence-electron chi connectivity index (χ0n) is 24.3. The third kappa shape index (κ3) is 6.75. The number of carbonyl (C=O) groups is 2. The molecule has 0 spiro atoms. The second-order valence-corrected chi connectivity index (χ2v) is 10.5. The highest BCUT2D eigenvalue weighted by molar-refractivity contribution is 5.69. The Morgan fingerprint density at radius 1 is 0.881 bits per heavy atom. The highest BCUT2D eigenvalue weighted by atomic mass is 16.6. The summed E-state index contributed by atoms with van der Waals surface area (Å²) in [5, 5.41) is 7.80. The number of amides is 2. The van der Waals surface area contributed by atoms with Crippen LogP contribution in [0.25, 0.3) is 5.69 Å². The summed E-state index contributed by atoms with van der Waals surface area (Å²) in [6.45, 7) is 9.01. The Kier molecular flexibility index (Phi) is 8.79. The molecule has 2 aromatic heterocycles. The fourth-order valence-corrected chi connectivity index (χ4v) is 5.05. The number of aromatic nitrogens is 4. The highest BCUT2D eigenvalue weighted by Gasteiger charge is 2.23. The molecule has 224 valence electrons. The summed E-state index contributed by atoms with van der Waals surface area (Å²) in [6.07, 6.45) is 1.83. The van der Waals surface area contributed by atoms with E-state index in [1.54, 1.807) is 20.7 Å². The van der Waals surface area contributed by atoms with E-state index in [2.05, 4.69) is 30.2 Å². The van der Waals surface area contributed by atoms with Gasteiger partial charge in [0.15, 0.2) is 0 Å². The molecule has 0 bridgehead atoms. The number of hydrogen-bond donors (Lipinski definition) is 2. The van der Waals surface area contributed by atoms with Gasteiger partial charge in [-0.15, -0.1) is 5.10 Å². The lowest BCUT2D eigenvalue weighted by molar-refractivity contribution is 0.0751. The van der Waals surface area contributed by atoms with E-state index in [1.165, 1.54) is 7.11 Å². The number of nitrogen functional groups attached to an aromatic ring is 1. The zero-order chi connectivity index (χ0) is 29.6. The molecule has 2 aliphatic heterocycles. The minimum atomic E-state index is -0.313. The standard InChI is InChI=1S/C28H38N10O4/c1-20(2)42-28(40)37-16-13-34(14-17-37)22-7-5-21(6-8-22)31-26-32-25(29)38(33-26)23-9-10-30-24(19-23)35-11-4-12-36(18-15-35)27(39)41-3/h5-10,19-20H,4,11-18H2,1-3H3,(H3,29,31,32,33). The maximum Gasteiger partial charge on any atom is 0.410 e. The molecule has 2 aliphatic rings. The fraction of sp³-hybridized carbons (Fsp3) is 0.464. The summed E-state index contributed by atoms with van der Waals surface area (Å²) in [7, 11) is 1.40. The molecule has 2 fully saturated rings. The van der Waals surface area contributed by atoms with Crippen LogP contribution in [0, 0.1) is 0 Å².